The van der Waals surface area contributed by atoms with Crippen molar-refractivity contribution in [3.05, 3.63) is 85.1 Å². The van der Waals surface area contributed by atoms with Crippen LogP contribution in [0.5, 0.6) is 0 Å². The molecule has 1 unspecified atom stereocenters. The molecule has 0 N–H and O–H groups in total. The van der Waals surface area contributed by atoms with Gasteiger partial charge in [-0.25, -0.2) is 0 Å². The van der Waals surface area contributed by atoms with Crippen LogP contribution in [0.1, 0.15) is 271 Å². The Morgan fingerprint density at radius 1 is 0.309 bits per heavy atom. The third kappa shape index (κ3) is 53.5. The standard InChI is InChI=1S/C62H106O6/c1-4-7-10-13-16-19-22-24-25-26-27-28-29-30-31-32-33-34-35-36-37-38-41-43-46-49-52-55-61(64)67-58-59(57-66-60(63)54-51-48-45-42-39-21-18-15-12-9-6-3)68-62(65)56-53-50-47-44-40-23-20-17-14-11-8-5-2/h7,10,15-20,24-25,27-28,30-31,59H,4-6,8-9,11-14,21-23,26,29,32-58H2,1-3H3/b10-7-,18-15-,19-16-,20-17-,25-24-,28-27-,31-30-. The highest BCUT2D eigenvalue weighted by atomic mass is 16.6. The molecular formula is C62H106O6. The Labute approximate surface area is 420 Å². The topological polar surface area (TPSA) is 78.9 Å². The quantitative estimate of drug-likeness (QED) is 0.0262. The van der Waals surface area contributed by atoms with Crippen LogP contribution in [0.15, 0.2) is 85.1 Å². The Hall–Kier alpha value is -3.41. The van der Waals surface area contributed by atoms with Crippen molar-refractivity contribution in [1.29, 1.82) is 0 Å². The summed E-state index contributed by atoms with van der Waals surface area (Å²) in [5, 5.41) is 0. The van der Waals surface area contributed by atoms with Gasteiger partial charge in [0.05, 0.1) is 0 Å². The highest BCUT2D eigenvalue weighted by Crippen LogP contribution is 2.15. The first-order valence-electron chi connectivity index (χ1n) is 28.6. The molecule has 0 saturated heterocycles. The minimum Gasteiger partial charge on any atom is -0.462 e. The number of rotatable bonds is 51. The Balaban J connectivity index is 4.22. The monoisotopic (exact) mass is 947 g/mol. The molecule has 0 radical (unpaired) electrons. The summed E-state index contributed by atoms with van der Waals surface area (Å²) >= 11 is 0. The lowest BCUT2D eigenvalue weighted by Crippen LogP contribution is -2.30. The van der Waals surface area contributed by atoms with E-state index in [0.717, 1.165) is 109 Å². The van der Waals surface area contributed by atoms with E-state index in [1.54, 1.807) is 0 Å². The Kier molecular flexibility index (Phi) is 53.4. The second kappa shape index (κ2) is 56.2. The average Bonchev–Trinajstić information content (AvgIpc) is 3.34. The summed E-state index contributed by atoms with van der Waals surface area (Å²) in [4.78, 5) is 38.0. The van der Waals surface area contributed by atoms with Crippen LogP contribution < -0.4 is 0 Å². The van der Waals surface area contributed by atoms with Gasteiger partial charge < -0.3 is 14.2 Å². The summed E-state index contributed by atoms with van der Waals surface area (Å²) in [6.07, 6.45) is 73.0. The van der Waals surface area contributed by atoms with Crippen molar-refractivity contribution in [2.24, 2.45) is 0 Å². The van der Waals surface area contributed by atoms with Gasteiger partial charge in [0.1, 0.15) is 13.2 Å². The fraction of sp³-hybridized carbons (Fsp3) is 0.726. The van der Waals surface area contributed by atoms with E-state index < -0.39 is 6.10 Å². The maximum absolute atomic E-state index is 12.8. The molecule has 0 aromatic rings. The van der Waals surface area contributed by atoms with Crippen molar-refractivity contribution in [3.63, 3.8) is 0 Å². The van der Waals surface area contributed by atoms with Gasteiger partial charge in [0.2, 0.25) is 0 Å². The van der Waals surface area contributed by atoms with E-state index in [1.807, 2.05) is 0 Å². The van der Waals surface area contributed by atoms with Crippen molar-refractivity contribution in [2.45, 2.75) is 277 Å². The van der Waals surface area contributed by atoms with E-state index in [4.69, 9.17) is 14.2 Å². The lowest BCUT2D eigenvalue weighted by atomic mass is 10.0. The zero-order chi connectivity index (χ0) is 49.3. The Morgan fingerprint density at radius 2 is 0.588 bits per heavy atom. The number of esters is 3. The van der Waals surface area contributed by atoms with Crippen molar-refractivity contribution >= 4 is 17.9 Å². The summed E-state index contributed by atoms with van der Waals surface area (Å²) in [7, 11) is 0. The summed E-state index contributed by atoms with van der Waals surface area (Å²) in [6, 6.07) is 0. The predicted octanol–water partition coefficient (Wildman–Crippen LogP) is 19.2. The summed E-state index contributed by atoms with van der Waals surface area (Å²) < 4.78 is 16.8. The second-order valence-corrected chi connectivity index (χ2v) is 18.8. The van der Waals surface area contributed by atoms with Crippen molar-refractivity contribution < 1.29 is 28.6 Å². The van der Waals surface area contributed by atoms with Crippen LogP contribution in [0.2, 0.25) is 0 Å². The molecule has 390 valence electrons. The van der Waals surface area contributed by atoms with Gasteiger partial charge in [-0.1, -0.05) is 228 Å². The molecule has 0 rings (SSSR count). The minimum absolute atomic E-state index is 0.0832. The molecule has 0 aliphatic heterocycles. The number of allylic oxidation sites excluding steroid dienone is 14. The number of hydrogen-bond acceptors (Lipinski definition) is 6. The number of ether oxygens (including phenoxy) is 3. The molecule has 0 aliphatic carbocycles. The van der Waals surface area contributed by atoms with Crippen LogP contribution in [0.3, 0.4) is 0 Å². The van der Waals surface area contributed by atoms with E-state index in [0.29, 0.717) is 19.3 Å². The predicted molar refractivity (Wildman–Crippen MR) is 293 cm³/mol. The normalized spacial score (nSPS) is 12.7. The number of unbranched alkanes of at least 4 members (excludes halogenated alkanes) is 26. The molecule has 0 heterocycles. The molecule has 6 heteroatoms. The van der Waals surface area contributed by atoms with Gasteiger partial charge in [0, 0.05) is 19.3 Å². The Bertz CT molecular complexity index is 1320. The molecule has 68 heavy (non-hydrogen) atoms. The van der Waals surface area contributed by atoms with Crippen LogP contribution in [0.4, 0.5) is 0 Å². The molecule has 0 bridgehead atoms. The molecular weight excluding hydrogens is 841 g/mol. The van der Waals surface area contributed by atoms with Crippen LogP contribution in [0.25, 0.3) is 0 Å². The van der Waals surface area contributed by atoms with Gasteiger partial charge in [0.25, 0.3) is 0 Å². The van der Waals surface area contributed by atoms with E-state index >= 15 is 0 Å². The van der Waals surface area contributed by atoms with Crippen molar-refractivity contribution in [3.8, 4) is 0 Å². The van der Waals surface area contributed by atoms with E-state index in [-0.39, 0.29) is 31.1 Å². The fourth-order valence-electron chi connectivity index (χ4n) is 7.80. The first kappa shape index (κ1) is 64.6. The minimum atomic E-state index is -0.784. The second-order valence-electron chi connectivity index (χ2n) is 18.8. The first-order valence-corrected chi connectivity index (χ1v) is 28.6. The van der Waals surface area contributed by atoms with Crippen LogP contribution in [-0.4, -0.2) is 37.2 Å². The lowest BCUT2D eigenvalue weighted by molar-refractivity contribution is -0.167. The van der Waals surface area contributed by atoms with E-state index in [9.17, 15) is 14.4 Å². The third-order valence-corrected chi connectivity index (χ3v) is 12.1. The van der Waals surface area contributed by atoms with Gasteiger partial charge in [-0.15, -0.1) is 0 Å². The van der Waals surface area contributed by atoms with Gasteiger partial charge in [-0.2, -0.15) is 0 Å². The lowest BCUT2D eigenvalue weighted by Gasteiger charge is -2.18. The third-order valence-electron chi connectivity index (χ3n) is 12.1. The molecule has 0 aromatic heterocycles. The van der Waals surface area contributed by atoms with Crippen molar-refractivity contribution in [2.75, 3.05) is 13.2 Å². The fourth-order valence-corrected chi connectivity index (χ4v) is 7.80. The highest BCUT2D eigenvalue weighted by Gasteiger charge is 2.19. The zero-order valence-electron chi connectivity index (χ0n) is 44.6. The number of hydrogen-bond donors (Lipinski definition) is 0. The molecule has 0 aliphatic rings. The Morgan fingerprint density at radius 3 is 0.956 bits per heavy atom. The molecule has 6 nitrogen and oxygen atoms in total. The summed E-state index contributed by atoms with van der Waals surface area (Å²) in [5.74, 6) is -0.902. The van der Waals surface area contributed by atoms with Gasteiger partial charge in [-0.3, -0.25) is 14.4 Å². The molecule has 0 spiro atoms. The molecule has 1 atom stereocenters. The molecule has 0 saturated carbocycles. The average molecular weight is 948 g/mol. The smallest absolute Gasteiger partial charge is 0.306 e. The SMILES string of the molecule is CC/C=C\C/C=C\C/C=C\C/C=C\C/C=C\CCCCCCCCCCCCCC(=O)OCC(COC(=O)CCCCCCC/C=C\CCCC)OC(=O)CCCCCCC/C=C\CCCCC. The van der Waals surface area contributed by atoms with Crippen LogP contribution in [0, 0.1) is 0 Å². The van der Waals surface area contributed by atoms with Gasteiger partial charge in [0.15, 0.2) is 6.10 Å². The van der Waals surface area contributed by atoms with Gasteiger partial charge in [-0.05, 0) is 109 Å². The number of carbonyl (C=O) groups excluding carboxylic acids is 3. The first-order chi connectivity index (χ1) is 33.5. The van der Waals surface area contributed by atoms with Crippen LogP contribution >= 0.6 is 0 Å². The highest BCUT2D eigenvalue weighted by molar-refractivity contribution is 5.71. The zero-order valence-corrected chi connectivity index (χ0v) is 44.6. The largest absolute Gasteiger partial charge is 0.462 e. The molecule has 0 amide bonds. The van der Waals surface area contributed by atoms with Crippen LogP contribution in [-0.2, 0) is 28.6 Å². The van der Waals surface area contributed by atoms with E-state index in [1.165, 1.54) is 122 Å². The number of carbonyl (C=O) groups is 3. The maximum atomic E-state index is 12.8. The van der Waals surface area contributed by atoms with E-state index in [2.05, 4.69) is 106 Å². The van der Waals surface area contributed by atoms with Gasteiger partial charge >= 0.3 is 17.9 Å². The molecule has 0 fully saturated rings. The maximum Gasteiger partial charge on any atom is 0.306 e. The molecule has 0 aromatic carbocycles. The summed E-state index contributed by atoms with van der Waals surface area (Å²) in [6.45, 7) is 6.45. The summed E-state index contributed by atoms with van der Waals surface area (Å²) in [5.41, 5.74) is 0. The van der Waals surface area contributed by atoms with Crippen molar-refractivity contribution in [1.82, 2.24) is 0 Å².